The third kappa shape index (κ3) is 4.30. The minimum absolute atomic E-state index is 0.119. The molecular weight excluding hydrogens is 238 g/mol. The molecule has 0 bridgehead atoms. The molecule has 1 fully saturated rings. The highest BCUT2D eigenvalue weighted by molar-refractivity contribution is 5.22. The first-order valence-corrected chi connectivity index (χ1v) is 7.19. The third-order valence-corrected chi connectivity index (χ3v) is 3.68. The summed E-state index contributed by atoms with van der Waals surface area (Å²) in [5.74, 6) is 0.700. The number of hydrogen-bond donors (Lipinski definition) is 1. The zero-order chi connectivity index (χ0) is 13.7. The summed E-state index contributed by atoms with van der Waals surface area (Å²) in [7, 11) is 0. The monoisotopic (exact) mass is 263 g/mol. The number of rotatable bonds is 5. The van der Waals surface area contributed by atoms with Gasteiger partial charge in [0.25, 0.3) is 0 Å². The van der Waals surface area contributed by atoms with Crippen LogP contribution in [0.15, 0.2) is 24.3 Å². The highest BCUT2D eigenvalue weighted by atomic mass is 16.5. The number of benzene rings is 1. The van der Waals surface area contributed by atoms with Gasteiger partial charge in [-0.2, -0.15) is 0 Å². The van der Waals surface area contributed by atoms with Gasteiger partial charge >= 0.3 is 0 Å². The van der Waals surface area contributed by atoms with Gasteiger partial charge in [0.15, 0.2) is 0 Å². The lowest BCUT2D eigenvalue weighted by atomic mass is 10.0. The Morgan fingerprint density at radius 3 is 2.58 bits per heavy atom. The number of aliphatic hydroxyl groups excluding tert-OH is 1. The molecule has 1 aliphatic rings. The van der Waals surface area contributed by atoms with Crippen LogP contribution in [0.25, 0.3) is 0 Å². The maximum atomic E-state index is 9.06. The lowest BCUT2D eigenvalue weighted by Gasteiger charge is -2.36. The summed E-state index contributed by atoms with van der Waals surface area (Å²) >= 11 is 0. The highest BCUT2D eigenvalue weighted by Crippen LogP contribution is 2.18. The van der Waals surface area contributed by atoms with Crippen molar-refractivity contribution in [2.75, 3.05) is 19.8 Å². The smallest absolute Gasteiger partial charge is 0.0681 e. The summed E-state index contributed by atoms with van der Waals surface area (Å²) in [5, 5.41) is 9.06. The molecule has 1 atom stereocenters. The first-order valence-electron chi connectivity index (χ1n) is 7.19. The van der Waals surface area contributed by atoms with E-state index in [1.807, 2.05) is 12.1 Å². The summed E-state index contributed by atoms with van der Waals surface area (Å²) in [6.07, 6.45) is 1.19. The highest BCUT2D eigenvalue weighted by Gasteiger charge is 2.23. The van der Waals surface area contributed by atoms with Crippen LogP contribution in [0, 0.1) is 5.92 Å². The van der Waals surface area contributed by atoms with E-state index in [1.54, 1.807) is 0 Å². The summed E-state index contributed by atoms with van der Waals surface area (Å²) in [4.78, 5) is 2.53. The van der Waals surface area contributed by atoms with Gasteiger partial charge in [-0.05, 0) is 23.5 Å². The predicted octanol–water partition coefficient (Wildman–Crippen LogP) is 2.43. The first-order chi connectivity index (χ1) is 9.19. The number of nitrogens with zero attached hydrogens (tertiary/aromatic N) is 1. The molecular formula is C16H25NO2. The van der Waals surface area contributed by atoms with Crippen LogP contribution in [0.5, 0.6) is 0 Å². The standard InChI is InChI=1S/C16H25NO2/c1-13(2)9-16-12-19-8-7-17(16)10-14-3-5-15(11-18)6-4-14/h3-6,13,16,18H,7-12H2,1-2H3. The summed E-state index contributed by atoms with van der Waals surface area (Å²) in [6, 6.07) is 8.78. The van der Waals surface area contributed by atoms with Gasteiger partial charge in [0.1, 0.15) is 0 Å². The van der Waals surface area contributed by atoms with Gasteiger partial charge in [-0.25, -0.2) is 0 Å². The molecule has 0 spiro atoms. The first kappa shape index (κ1) is 14.5. The molecule has 19 heavy (non-hydrogen) atoms. The van der Waals surface area contributed by atoms with E-state index in [2.05, 4.69) is 30.9 Å². The minimum atomic E-state index is 0.119. The second kappa shape index (κ2) is 7.04. The molecule has 1 aromatic carbocycles. The Morgan fingerprint density at radius 1 is 1.26 bits per heavy atom. The number of ether oxygens (including phenoxy) is 1. The molecule has 1 heterocycles. The zero-order valence-electron chi connectivity index (χ0n) is 12.0. The molecule has 0 saturated carbocycles. The minimum Gasteiger partial charge on any atom is -0.392 e. The Hall–Kier alpha value is -0.900. The molecule has 1 saturated heterocycles. The van der Waals surface area contributed by atoms with Gasteiger partial charge in [0.2, 0.25) is 0 Å². The van der Waals surface area contributed by atoms with Gasteiger partial charge in [-0.15, -0.1) is 0 Å². The lowest BCUT2D eigenvalue weighted by molar-refractivity contribution is -0.0186. The third-order valence-electron chi connectivity index (χ3n) is 3.68. The molecule has 3 heteroatoms. The van der Waals surface area contributed by atoms with Crippen molar-refractivity contribution in [2.45, 2.75) is 39.5 Å². The SMILES string of the molecule is CC(C)CC1COCCN1Cc1ccc(CO)cc1. The summed E-state index contributed by atoms with van der Waals surface area (Å²) < 4.78 is 5.61. The van der Waals surface area contributed by atoms with Crippen molar-refractivity contribution < 1.29 is 9.84 Å². The molecule has 106 valence electrons. The Labute approximate surface area is 116 Å². The van der Waals surface area contributed by atoms with Crippen LogP contribution in [0.3, 0.4) is 0 Å². The van der Waals surface area contributed by atoms with Crippen molar-refractivity contribution in [1.82, 2.24) is 4.90 Å². The second-order valence-corrected chi connectivity index (χ2v) is 5.80. The lowest BCUT2D eigenvalue weighted by Crippen LogP contribution is -2.45. The average molecular weight is 263 g/mol. The maximum absolute atomic E-state index is 9.06. The van der Waals surface area contributed by atoms with E-state index in [0.717, 1.165) is 31.9 Å². The summed E-state index contributed by atoms with van der Waals surface area (Å²) in [6.45, 7) is 8.33. The number of hydrogen-bond acceptors (Lipinski definition) is 3. The van der Waals surface area contributed by atoms with Crippen LogP contribution >= 0.6 is 0 Å². The van der Waals surface area contributed by atoms with Crippen LogP contribution in [-0.4, -0.2) is 35.8 Å². The van der Waals surface area contributed by atoms with E-state index in [1.165, 1.54) is 12.0 Å². The molecule has 2 rings (SSSR count). The van der Waals surface area contributed by atoms with Crippen LogP contribution in [-0.2, 0) is 17.9 Å². The van der Waals surface area contributed by atoms with E-state index >= 15 is 0 Å². The van der Waals surface area contributed by atoms with Crippen molar-refractivity contribution in [3.63, 3.8) is 0 Å². The molecule has 1 aliphatic heterocycles. The molecule has 1 unspecified atom stereocenters. The van der Waals surface area contributed by atoms with Crippen LogP contribution in [0.2, 0.25) is 0 Å². The van der Waals surface area contributed by atoms with Crippen molar-refractivity contribution in [3.05, 3.63) is 35.4 Å². The molecule has 0 amide bonds. The quantitative estimate of drug-likeness (QED) is 0.885. The molecule has 1 N–H and O–H groups in total. The van der Waals surface area contributed by atoms with Gasteiger partial charge in [0, 0.05) is 19.1 Å². The fourth-order valence-electron chi connectivity index (χ4n) is 2.64. The fourth-order valence-corrected chi connectivity index (χ4v) is 2.64. The Morgan fingerprint density at radius 2 is 1.95 bits per heavy atom. The Balaban J connectivity index is 1.97. The van der Waals surface area contributed by atoms with E-state index in [0.29, 0.717) is 12.0 Å². The van der Waals surface area contributed by atoms with Gasteiger partial charge in [0.05, 0.1) is 19.8 Å². The van der Waals surface area contributed by atoms with E-state index in [-0.39, 0.29) is 6.61 Å². The predicted molar refractivity (Wildman–Crippen MR) is 76.8 cm³/mol. The van der Waals surface area contributed by atoms with E-state index < -0.39 is 0 Å². The topological polar surface area (TPSA) is 32.7 Å². The number of aliphatic hydroxyl groups is 1. The van der Waals surface area contributed by atoms with Crippen LogP contribution < -0.4 is 0 Å². The Bertz CT molecular complexity index is 375. The Kier molecular flexibility index (Phi) is 5.37. The van der Waals surface area contributed by atoms with Crippen LogP contribution in [0.1, 0.15) is 31.4 Å². The van der Waals surface area contributed by atoms with Crippen molar-refractivity contribution in [3.8, 4) is 0 Å². The molecule has 3 nitrogen and oxygen atoms in total. The van der Waals surface area contributed by atoms with Crippen molar-refractivity contribution in [2.24, 2.45) is 5.92 Å². The molecule has 0 aliphatic carbocycles. The molecule has 0 radical (unpaired) electrons. The van der Waals surface area contributed by atoms with E-state index in [9.17, 15) is 0 Å². The van der Waals surface area contributed by atoms with Crippen LogP contribution in [0.4, 0.5) is 0 Å². The number of morpholine rings is 1. The second-order valence-electron chi connectivity index (χ2n) is 5.80. The average Bonchev–Trinajstić information content (AvgIpc) is 2.41. The van der Waals surface area contributed by atoms with Gasteiger partial charge < -0.3 is 9.84 Å². The van der Waals surface area contributed by atoms with Crippen molar-refractivity contribution in [1.29, 1.82) is 0 Å². The van der Waals surface area contributed by atoms with Gasteiger partial charge in [-0.1, -0.05) is 38.1 Å². The molecule has 0 aromatic heterocycles. The normalized spacial score (nSPS) is 20.9. The van der Waals surface area contributed by atoms with Gasteiger partial charge in [-0.3, -0.25) is 4.90 Å². The maximum Gasteiger partial charge on any atom is 0.0681 e. The zero-order valence-corrected chi connectivity index (χ0v) is 12.0. The van der Waals surface area contributed by atoms with Crippen molar-refractivity contribution >= 4 is 0 Å². The molecule has 1 aromatic rings. The fraction of sp³-hybridized carbons (Fsp3) is 0.625. The largest absolute Gasteiger partial charge is 0.392 e. The summed E-state index contributed by atoms with van der Waals surface area (Å²) in [5.41, 5.74) is 2.29. The van der Waals surface area contributed by atoms with E-state index in [4.69, 9.17) is 9.84 Å².